The van der Waals surface area contributed by atoms with Gasteiger partial charge in [-0.05, 0) is 59.0 Å². The van der Waals surface area contributed by atoms with Gasteiger partial charge < -0.3 is 15.1 Å². The van der Waals surface area contributed by atoms with Crippen LogP contribution < -0.4 is 10.2 Å². The van der Waals surface area contributed by atoms with Gasteiger partial charge in [0.05, 0.1) is 0 Å². The fraction of sp³-hybridized carbons (Fsp3) is 0.647. The molecule has 1 aliphatic rings. The first-order valence-electron chi connectivity index (χ1n) is 7.71. The van der Waals surface area contributed by atoms with Crippen molar-refractivity contribution in [2.45, 2.75) is 45.3 Å². The largest absolute Gasteiger partial charge is 0.370 e. The molecule has 0 amide bonds. The van der Waals surface area contributed by atoms with Crippen LogP contribution in [0.3, 0.4) is 0 Å². The van der Waals surface area contributed by atoms with E-state index in [1.165, 1.54) is 17.7 Å². The molecule has 1 atom stereocenters. The molecule has 0 bridgehead atoms. The van der Waals surface area contributed by atoms with Crippen LogP contribution in [0, 0.1) is 0 Å². The first-order chi connectivity index (χ1) is 9.76. The number of hydrogen-bond acceptors (Lipinski definition) is 3. The molecular formula is C17H28ClN3. The van der Waals surface area contributed by atoms with Gasteiger partial charge in [-0.15, -0.1) is 0 Å². The highest BCUT2D eigenvalue weighted by Gasteiger charge is 2.25. The molecule has 4 heteroatoms. The van der Waals surface area contributed by atoms with E-state index >= 15 is 0 Å². The number of benzene rings is 1. The van der Waals surface area contributed by atoms with Gasteiger partial charge in [-0.2, -0.15) is 0 Å². The molecule has 0 aliphatic carbocycles. The van der Waals surface area contributed by atoms with Gasteiger partial charge in [-0.3, -0.25) is 0 Å². The number of likely N-dealkylation sites (N-methyl/N-ethyl adjacent to an activating group) is 1. The molecule has 3 nitrogen and oxygen atoms in total. The van der Waals surface area contributed by atoms with Crippen LogP contribution >= 0.6 is 11.6 Å². The fourth-order valence-corrected chi connectivity index (χ4v) is 2.89. The Balaban J connectivity index is 2.16. The summed E-state index contributed by atoms with van der Waals surface area (Å²) in [6.45, 7) is 9.64. The molecule has 1 saturated heterocycles. The lowest BCUT2D eigenvalue weighted by Gasteiger charge is -2.26. The van der Waals surface area contributed by atoms with Crippen molar-refractivity contribution in [2.24, 2.45) is 0 Å². The summed E-state index contributed by atoms with van der Waals surface area (Å²) in [6, 6.07) is 6.88. The third kappa shape index (κ3) is 4.60. The average molecular weight is 310 g/mol. The lowest BCUT2D eigenvalue weighted by Crippen LogP contribution is -2.36. The molecule has 1 unspecified atom stereocenters. The maximum atomic E-state index is 6.23. The number of nitrogens with zero attached hydrogens (tertiary/aromatic N) is 2. The van der Waals surface area contributed by atoms with Gasteiger partial charge in [-0.25, -0.2) is 0 Å². The summed E-state index contributed by atoms with van der Waals surface area (Å²) in [5, 5.41) is 4.39. The van der Waals surface area contributed by atoms with E-state index in [9.17, 15) is 0 Å². The summed E-state index contributed by atoms with van der Waals surface area (Å²) < 4.78 is 0. The molecule has 0 saturated carbocycles. The fourth-order valence-electron chi connectivity index (χ4n) is 2.72. The van der Waals surface area contributed by atoms with Crippen LogP contribution in [0.4, 0.5) is 5.69 Å². The minimum Gasteiger partial charge on any atom is -0.370 e. The van der Waals surface area contributed by atoms with E-state index in [0.29, 0.717) is 6.04 Å². The molecule has 1 aliphatic heterocycles. The number of halogens is 1. The monoisotopic (exact) mass is 309 g/mol. The zero-order valence-electron chi connectivity index (χ0n) is 13.9. The van der Waals surface area contributed by atoms with Crippen LogP contribution in [0.2, 0.25) is 5.02 Å². The molecule has 1 N–H and O–H groups in total. The second-order valence-electron chi connectivity index (χ2n) is 7.23. The van der Waals surface area contributed by atoms with Crippen molar-refractivity contribution >= 4 is 17.3 Å². The van der Waals surface area contributed by atoms with E-state index < -0.39 is 0 Å². The number of nitrogens with one attached hydrogen (secondary N) is 1. The summed E-state index contributed by atoms with van der Waals surface area (Å²) in [5.74, 6) is 0. The van der Waals surface area contributed by atoms with E-state index in [2.05, 4.69) is 62.1 Å². The quantitative estimate of drug-likeness (QED) is 0.920. The van der Waals surface area contributed by atoms with Crippen LogP contribution in [-0.2, 0) is 6.54 Å². The second kappa shape index (κ2) is 6.55. The zero-order chi connectivity index (χ0) is 15.6. The summed E-state index contributed by atoms with van der Waals surface area (Å²) in [5.41, 5.74) is 2.73. The molecule has 118 valence electrons. The molecule has 0 radical (unpaired) electrons. The van der Waals surface area contributed by atoms with Crippen molar-refractivity contribution in [2.75, 3.05) is 32.1 Å². The summed E-state index contributed by atoms with van der Waals surface area (Å²) in [6.07, 6.45) is 1.21. The van der Waals surface area contributed by atoms with E-state index in [4.69, 9.17) is 11.6 Å². The molecule has 0 spiro atoms. The Bertz CT molecular complexity index is 479. The van der Waals surface area contributed by atoms with Crippen LogP contribution in [-0.4, -0.2) is 43.7 Å². The van der Waals surface area contributed by atoms with Gasteiger partial charge in [0.15, 0.2) is 0 Å². The van der Waals surface area contributed by atoms with Crippen molar-refractivity contribution in [3.05, 3.63) is 28.8 Å². The average Bonchev–Trinajstić information content (AvgIpc) is 2.85. The Morgan fingerprint density at radius 3 is 2.62 bits per heavy atom. The summed E-state index contributed by atoms with van der Waals surface area (Å²) >= 11 is 6.23. The molecule has 1 aromatic carbocycles. The van der Waals surface area contributed by atoms with Crippen molar-refractivity contribution in [1.29, 1.82) is 0 Å². The first-order valence-corrected chi connectivity index (χ1v) is 8.09. The minimum atomic E-state index is 0.119. The van der Waals surface area contributed by atoms with E-state index in [1.54, 1.807) is 0 Å². The summed E-state index contributed by atoms with van der Waals surface area (Å²) in [7, 11) is 4.32. The Morgan fingerprint density at radius 1 is 1.33 bits per heavy atom. The Kier molecular flexibility index (Phi) is 5.18. The molecule has 1 aromatic rings. The maximum absolute atomic E-state index is 6.23. The Labute approximate surface area is 134 Å². The molecule has 0 aromatic heterocycles. The highest BCUT2D eigenvalue weighted by Crippen LogP contribution is 2.29. The highest BCUT2D eigenvalue weighted by molar-refractivity contribution is 6.30. The topological polar surface area (TPSA) is 18.5 Å². The minimum absolute atomic E-state index is 0.119. The van der Waals surface area contributed by atoms with E-state index in [0.717, 1.165) is 24.7 Å². The van der Waals surface area contributed by atoms with Crippen molar-refractivity contribution in [1.82, 2.24) is 10.2 Å². The summed E-state index contributed by atoms with van der Waals surface area (Å²) in [4.78, 5) is 4.79. The van der Waals surface area contributed by atoms with Gasteiger partial charge in [0.2, 0.25) is 0 Å². The predicted molar refractivity (Wildman–Crippen MR) is 92.3 cm³/mol. The Morgan fingerprint density at radius 2 is 2.05 bits per heavy atom. The van der Waals surface area contributed by atoms with E-state index in [-0.39, 0.29) is 5.54 Å². The van der Waals surface area contributed by atoms with Crippen molar-refractivity contribution in [3.63, 3.8) is 0 Å². The molecular weight excluding hydrogens is 282 g/mol. The van der Waals surface area contributed by atoms with Crippen LogP contribution in [0.15, 0.2) is 18.2 Å². The van der Waals surface area contributed by atoms with E-state index in [1.807, 2.05) is 6.07 Å². The van der Waals surface area contributed by atoms with Gasteiger partial charge >= 0.3 is 0 Å². The Hall–Kier alpha value is -0.770. The lowest BCUT2D eigenvalue weighted by molar-refractivity contribution is 0.315. The van der Waals surface area contributed by atoms with Crippen LogP contribution in [0.5, 0.6) is 0 Å². The molecule has 1 fully saturated rings. The van der Waals surface area contributed by atoms with Gasteiger partial charge in [0, 0.05) is 41.9 Å². The predicted octanol–water partition coefficient (Wildman–Crippen LogP) is 3.37. The normalized spacial score (nSPS) is 19.6. The SMILES string of the molecule is CN(C)C1CCN(c2cc(Cl)ccc2CNC(C)(C)C)C1. The highest BCUT2D eigenvalue weighted by atomic mass is 35.5. The van der Waals surface area contributed by atoms with Crippen LogP contribution in [0.1, 0.15) is 32.8 Å². The molecule has 2 rings (SSSR count). The van der Waals surface area contributed by atoms with Gasteiger partial charge in [0.25, 0.3) is 0 Å². The molecule has 21 heavy (non-hydrogen) atoms. The lowest BCUT2D eigenvalue weighted by atomic mass is 10.1. The van der Waals surface area contributed by atoms with Gasteiger partial charge in [-0.1, -0.05) is 17.7 Å². The third-order valence-corrected chi connectivity index (χ3v) is 4.33. The second-order valence-corrected chi connectivity index (χ2v) is 7.67. The third-order valence-electron chi connectivity index (χ3n) is 4.09. The van der Waals surface area contributed by atoms with Crippen LogP contribution in [0.25, 0.3) is 0 Å². The number of rotatable bonds is 4. The number of hydrogen-bond donors (Lipinski definition) is 1. The zero-order valence-corrected chi connectivity index (χ0v) is 14.7. The standard InChI is InChI=1S/C17H28ClN3/c1-17(2,3)19-11-13-6-7-14(18)10-16(13)21-9-8-15(12-21)20(4)5/h6-7,10,15,19H,8-9,11-12H2,1-5H3. The van der Waals surface area contributed by atoms with Crippen molar-refractivity contribution in [3.8, 4) is 0 Å². The first kappa shape index (κ1) is 16.6. The van der Waals surface area contributed by atoms with Gasteiger partial charge in [0.1, 0.15) is 0 Å². The van der Waals surface area contributed by atoms with Crippen molar-refractivity contribution < 1.29 is 0 Å². The molecule has 1 heterocycles. The maximum Gasteiger partial charge on any atom is 0.0427 e. The smallest absolute Gasteiger partial charge is 0.0427 e. The number of anilines is 1.